The van der Waals surface area contributed by atoms with Crippen LogP contribution in [0.15, 0.2) is 36.4 Å². The highest BCUT2D eigenvalue weighted by atomic mass is 33.1. The fraction of sp³-hybridized carbons (Fsp3) is 0.697. The quantitative estimate of drug-likeness (QED) is 0.0578. The predicted octanol–water partition coefficient (Wildman–Crippen LogP) is 5.47. The average molecular weight is 657 g/mol. The molecule has 0 aliphatic carbocycles. The minimum absolute atomic E-state index is 0.00747. The Morgan fingerprint density at radius 2 is 1.68 bits per heavy atom. The predicted molar refractivity (Wildman–Crippen MR) is 183 cm³/mol. The van der Waals surface area contributed by atoms with Crippen molar-refractivity contribution in [3.63, 3.8) is 0 Å². The Hall–Kier alpha value is -1.60. The number of rotatable bonds is 26. The molecule has 2 N–H and O–H groups in total. The fourth-order valence-corrected chi connectivity index (χ4v) is 5.62. The summed E-state index contributed by atoms with van der Waals surface area (Å²) in [4.78, 5) is 24.4. The Balaban J connectivity index is 2.38. The molecule has 0 bridgehead atoms. The van der Waals surface area contributed by atoms with Crippen molar-refractivity contribution < 1.29 is 33.3 Å². The third-order valence-electron chi connectivity index (χ3n) is 5.49. The van der Waals surface area contributed by atoms with Gasteiger partial charge in [-0.25, -0.2) is 0 Å². The molecule has 1 atom stereocenters. The largest absolute Gasteiger partial charge is 0.490 e. The number of hydrogen-bond acceptors (Lipinski definition) is 10. The third-order valence-corrected chi connectivity index (χ3v) is 9.01. The number of benzene rings is 1. The number of ketones is 1. The minimum Gasteiger partial charge on any atom is -0.490 e. The van der Waals surface area contributed by atoms with Gasteiger partial charge in [-0.15, -0.1) is 0 Å². The molecule has 1 amide bonds. The lowest BCUT2D eigenvalue weighted by Gasteiger charge is -2.22. The Morgan fingerprint density at radius 3 is 2.39 bits per heavy atom. The van der Waals surface area contributed by atoms with Crippen molar-refractivity contribution in [1.29, 1.82) is 0 Å². The van der Waals surface area contributed by atoms with Crippen LogP contribution < -0.4 is 15.4 Å². The monoisotopic (exact) mass is 656 g/mol. The Labute approximate surface area is 273 Å². The molecule has 1 rings (SSSR count). The van der Waals surface area contributed by atoms with Crippen LogP contribution in [0, 0.1) is 5.92 Å². The van der Waals surface area contributed by atoms with E-state index in [4.69, 9.17) is 23.7 Å². The molecule has 0 saturated carbocycles. The zero-order valence-corrected chi connectivity index (χ0v) is 29.5. The van der Waals surface area contributed by atoms with Gasteiger partial charge in [0.2, 0.25) is 5.91 Å². The molecule has 1 aromatic carbocycles. The van der Waals surface area contributed by atoms with E-state index in [-0.39, 0.29) is 28.5 Å². The van der Waals surface area contributed by atoms with Crippen LogP contribution in [-0.2, 0) is 35.0 Å². The summed E-state index contributed by atoms with van der Waals surface area (Å²) >= 11 is 0. The van der Waals surface area contributed by atoms with Crippen molar-refractivity contribution in [1.82, 2.24) is 10.6 Å². The standard InChI is InChI=1S/C33H56N2O7S2/c1-26(2)10-9-14-35-31(37)24-40-20-21-41-32(43-44-33(5,6)7)25-42-30-12-8-11-28(23-30)22-29(36)13-16-38-18-19-39-17-15-34-27(3)4/h8-12,23,26-27,32,34H,13-22,24-25H2,1-7H3,(H,35,37)/b10-9+. The second-order valence-corrected chi connectivity index (χ2v) is 15.1. The summed E-state index contributed by atoms with van der Waals surface area (Å²) in [5.74, 6) is 1.10. The molecular weight excluding hydrogens is 601 g/mol. The first kappa shape index (κ1) is 40.4. The molecule has 1 unspecified atom stereocenters. The van der Waals surface area contributed by atoms with E-state index in [1.165, 1.54) is 0 Å². The molecule has 0 saturated heterocycles. The van der Waals surface area contributed by atoms with Gasteiger partial charge in [0.25, 0.3) is 0 Å². The van der Waals surface area contributed by atoms with Crippen molar-refractivity contribution in [2.45, 2.75) is 77.5 Å². The van der Waals surface area contributed by atoms with Crippen molar-refractivity contribution >= 4 is 33.3 Å². The van der Waals surface area contributed by atoms with Gasteiger partial charge in [-0.05, 0) is 23.6 Å². The minimum atomic E-state index is -0.240. The second kappa shape index (κ2) is 24.6. The van der Waals surface area contributed by atoms with Crippen molar-refractivity contribution in [3.05, 3.63) is 42.0 Å². The molecule has 9 nitrogen and oxygen atoms in total. The highest BCUT2D eigenvalue weighted by Gasteiger charge is 2.18. The molecule has 0 aromatic heterocycles. The maximum Gasteiger partial charge on any atom is 0.246 e. The summed E-state index contributed by atoms with van der Waals surface area (Å²) in [6.07, 6.45) is 4.67. The first-order chi connectivity index (χ1) is 20.9. The van der Waals surface area contributed by atoms with Crippen LogP contribution in [0.25, 0.3) is 0 Å². The van der Waals surface area contributed by atoms with E-state index in [1.54, 1.807) is 21.6 Å². The first-order valence-electron chi connectivity index (χ1n) is 15.5. The average Bonchev–Trinajstić information content (AvgIpc) is 2.94. The topological polar surface area (TPSA) is 104 Å². The van der Waals surface area contributed by atoms with Crippen LogP contribution in [0.4, 0.5) is 0 Å². The van der Waals surface area contributed by atoms with Gasteiger partial charge < -0.3 is 34.3 Å². The third kappa shape index (κ3) is 24.7. The molecule has 1 aromatic rings. The van der Waals surface area contributed by atoms with Crippen LogP contribution in [0.5, 0.6) is 5.75 Å². The lowest BCUT2D eigenvalue weighted by molar-refractivity contribution is -0.126. The molecule has 0 spiro atoms. The van der Waals surface area contributed by atoms with Gasteiger partial charge in [0.05, 0.1) is 39.6 Å². The molecule has 11 heteroatoms. The van der Waals surface area contributed by atoms with Crippen molar-refractivity contribution in [2.75, 3.05) is 65.9 Å². The maximum absolute atomic E-state index is 12.5. The van der Waals surface area contributed by atoms with E-state index in [1.807, 2.05) is 36.4 Å². The van der Waals surface area contributed by atoms with Crippen LogP contribution in [0.3, 0.4) is 0 Å². The summed E-state index contributed by atoms with van der Waals surface area (Å²) in [7, 11) is 3.33. The lowest BCUT2D eigenvalue weighted by Crippen LogP contribution is -2.28. The molecule has 0 fully saturated rings. The van der Waals surface area contributed by atoms with Crippen molar-refractivity contribution in [2.24, 2.45) is 5.92 Å². The number of Topliss-reactive ketones (excluding diaryl/α,β-unsaturated/α-hetero) is 1. The fourth-order valence-electron chi connectivity index (χ4n) is 3.42. The molecule has 0 radical (unpaired) electrons. The molecular formula is C33H56N2O7S2. The Morgan fingerprint density at radius 1 is 0.955 bits per heavy atom. The smallest absolute Gasteiger partial charge is 0.246 e. The van der Waals surface area contributed by atoms with Crippen LogP contribution in [-0.4, -0.2) is 93.9 Å². The molecule has 0 aliphatic rings. The van der Waals surface area contributed by atoms with Gasteiger partial charge in [0.15, 0.2) is 0 Å². The number of allylic oxidation sites excluding steroid dienone is 1. The van der Waals surface area contributed by atoms with Crippen LogP contribution >= 0.6 is 21.6 Å². The number of nitrogens with one attached hydrogen (secondary N) is 2. The van der Waals surface area contributed by atoms with Gasteiger partial charge in [0.1, 0.15) is 30.2 Å². The molecule has 0 aliphatic heterocycles. The van der Waals surface area contributed by atoms with E-state index in [0.717, 1.165) is 12.1 Å². The van der Waals surface area contributed by atoms with Gasteiger partial charge >= 0.3 is 0 Å². The van der Waals surface area contributed by atoms with E-state index in [2.05, 4.69) is 59.1 Å². The summed E-state index contributed by atoms with van der Waals surface area (Å²) in [6, 6.07) is 8.04. The van der Waals surface area contributed by atoms with Gasteiger partial charge in [-0.1, -0.05) is 94.3 Å². The van der Waals surface area contributed by atoms with Crippen molar-refractivity contribution in [3.8, 4) is 5.75 Å². The molecule has 0 heterocycles. The summed E-state index contributed by atoms with van der Waals surface area (Å²) in [6.45, 7) is 19.1. The summed E-state index contributed by atoms with van der Waals surface area (Å²) < 4.78 is 28.7. The van der Waals surface area contributed by atoms with Crippen LogP contribution in [0.2, 0.25) is 0 Å². The normalized spacial score (nSPS) is 12.8. The van der Waals surface area contributed by atoms with E-state index >= 15 is 0 Å². The summed E-state index contributed by atoms with van der Waals surface area (Å²) in [5.41, 5.74) is 0.657. The molecule has 252 valence electrons. The lowest BCUT2D eigenvalue weighted by atomic mass is 10.1. The van der Waals surface area contributed by atoms with E-state index < -0.39 is 0 Å². The van der Waals surface area contributed by atoms with Crippen LogP contribution in [0.1, 0.15) is 60.5 Å². The number of ether oxygens (including phenoxy) is 5. The zero-order chi connectivity index (χ0) is 32.6. The van der Waals surface area contributed by atoms with E-state index in [9.17, 15) is 9.59 Å². The van der Waals surface area contributed by atoms with Gasteiger partial charge in [-0.2, -0.15) is 0 Å². The van der Waals surface area contributed by atoms with Gasteiger partial charge in [0, 0.05) is 36.7 Å². The Bertz CT molecular complexity index is 939. The SMILES string of the molecule is CC(C)/C=C/CNC(=O)COCCOC(COc1cccc(CC(=O)CCOCCOCCNC(C)C)c1)SSC(C)(C)C. The number of carbonyl (C=O) groups excluding carboxylic acids is 2. The molecule has 44 heavy (non-hydrogen) atoms. The Kier molecular flexibility index (Phi) is 22.6. The van der Waals surface area contributed by atoms with Gasteiger partial charge in [-0.3, -0.25) is 9.59 Å². The second-order valence-electron chi connectivity index (χ2n) is 11.9. The summed E-state index contributed by atoms with van der Waals surface area (Å²) in [5, 5.41) is 6.09. The number of hydrogen-bond donors (Lipinski definition) is 2. The maximum atomic E-state index is 12.5. The highest BCUT2D eigenvalue weighted by Crippen LogP contribution is 2.38. The first-order valence-corrected chi connectivity index (χ1v) is 17.8. The van der Waals surface area contributed by atoms with E-state index in [0.29, 0.717) is 83.3 Å². The number of amides is 1. The number of carbonyl (C=O) groups is 2. The highest BCUT2D eigenvalue weighted by molar-refractivity contribution is 8.77. The zero-order valence-electron chi connectivity index (χ0n) is 27.9.